The third-order valence-electron chi connectivity index (χ3n) is 4.80. The SMILES string of the molecule is O=c1c2cc(-c3ccc(Cl)cc3)nc(-c3cccc(F)c3)c2ncn1C[C@H](O)C(F)(F)F. The molecule has 32 heavy (non-hydrogen) atoms. The topological polar surface area (TPSA) is 68.0 Å². The molecule has 0 saturated heterocycles. The number of halogens is 5. The van der Waals surface area contributed by atoms with Crippen molar-refractivity contribution in [2.75, 3.05) is 0 Å². The van der Waals surface area contributed by atoms with Crippen molar-refractivity contribution in [3.05, 3.63) is 82.1 Å². The summed E-state index contributed by atoms with van der Waals surface area (Å²) in [5.41, 5.74) is 0.725. The van der Waals surface area contributed by atoms with E-state index >= 15 is 0 Å². The first-order chi connectivity index (χ1) is 15.1. The van der Waals surface area contributed by atoms with E-state index in [9.17, 15) is 27.5 Å². The zero-order chi connectivity index (χ0) is 23.0. The lowest BCUT2D eigenvalue weighted by molar-refractivity contribution is -0.207. The number of benzene rings is 2. The maximum atomic E-state index is 13.9. The Bertz CT molecular complexity index is 1350. The van der Waals surface area contributed by atoms with E-state index in [4.69, 9.17) is 11.6 Å². The molecule has 0 spiro atoms. The van der Waals surface area contributed by atoms with Crippen LogP contribution < -0.4 is 5.56 Å². The third-order valence-corrected chi connectivity index (χ3v) is 5.05. The van der Waals surface area contributed by atoms with Gasteiger partial charge in [0.25, 0.3) is 5.56 Å². The van der Waals surface area contributed by atoms with E-state index in [2.05, 4.69) is 9.97 Å². The molecule has 4 rings (SSSR count). The van der Waals surface area contributed by atoms with Gasteiger partial charge in [-0.1, -0.05) is 35.9 Å². The number of pyridine rings is 1. The highest BCUT2D eigenvalue weighted by atomic mass is 35.5. The van der Waals surface area contributed by atoms with Crippen LogP contribution in [0.4, 0.5) is 17.6 Å². The zero-order valence-electron chi connectivity index (χ0n) is 16.1. The van der Waals surface area contributed by atoms with Crippen LogP contribution in [0, 0.1) is 5.82 Å². The molecular formula is C22H14ClF4N3O2. The van der Waals surface area contributed by atoms with Crippen LogP contribution in [0.25, 0.3) is 33.4 Å². The van der Waals surface area contributed by atoms with Gasteiger partial charge in [0, 0.05) is 16.1 Å². The van der Waals surface area contributed by atoms with Gasteiger partial charge in [-0.15, -0.1) is 0 Å². The van der Waals surface area contributed by atoms with Gasteiger partial charge in [-0.25, -0.2) is 14.4 Å². The fraction of sp³-hybridized carbons (Fsp3) is 0.136. The van der Waals surface area contributed by atoms with Gasteiger partial charge < -0.3 is 5.11 Å². The van der Waals surface area contributed by atoms with Crippen LogP contribution >= 0.6 is 11.6 Å². The largest absolute Gasteiger partial charge is 0.416 e. The number of rotatable bonds is 4. The number of alkyl halides is 3. The minimum Gasteiger partial charge on any atom is -0.382 e. The average molecular weight is 464 g/mol. The molecule has 0 aliphatic rings. The maximum absolute atomic E-state index is 13.9. The molecule has 4 aromatic rings. The number of aromatic nitrogens is 3. The fourth-order valence-electron chi connectivity index (χ4n) is 3.19. The fourth-order valence-corrected chi connectivity index (χ4v) is 3.32. The third kappa shape index (κ3) is 4.35. The lowest BCUT2D eigenvalue weighted by Gasteiger charge is -2.16. The summed E-state index contributed by atoms with van der Waals surface area (Å²) in [6, 6.07) is 13.5. The van der Waals surface area contributed by atoms with Crippen molar-refractivity contribution in [2.45, 2.75) is 18.8 Å². The summed E-state index contributed by atoms with van der Waals surface area (Å²) in [5.74, 6) is -0.531. The predicted molar refractivity (Wildman–Crippen MR) is 112 cm³/mol. The van der Waals surface area contributed by atoms with E-state index in [1.165, 1.54) is 24.3 Å². The molecule has 2 aromatic heterocycles. The Kier molecular flexibility index (Phi) is 5.70. The second-order valence-corrected chi connectivity index (χ2v) is 7.47. The molecule has 0 aliphatic carbocycles. The Labute approximate surface area is 183 Å². The molecule has 0 aliphatic heterocycles. The smallest absolute Gasteiger partial charge is 0.382 e. The summed E-state index contributed by atoms with van der Waals surface area (Å²) in [6.45, 7) is -1.01. The van der Waals surface area contributed by atoms with Gasteiger partial charge in [-0.2, -0.15) is 13.2 Å². The lowest BCUT2D eigenvalue weighted by atomic mass is 10.0. The van der Waals surface area contributed by atoms with E-state index in [1.54, 1.807) is 30.3 Å². The van der Waals surface area contributed by atoms with Crippen LogP contribution in [0.1, 0.15) is 0 Å². The predicted octanol–water partition coefficient (Wildman–Crippen LogP) is 4.84. The van der Waals surface area contributed by atoms with Crippen LogP contribution in [0.2, 0.25) is 5.02 Å². The number of fused-ring (bicyclic) bond motifs is 1. The standard InChI is InChI=1S/C22H14ClF4N3O2/c23-14-6-4-12(5-7-14)17-9-16-20(19(29-17)13-2-1-3-15(24)8-13)28-11-30(21(16)32)10-18(31)22(25,26)27/h1-9,11,18,31H,10H2/t18-/m0/s1. The van der Waals surface area contributed by atoms with Crippen molar-refractivity contribution in [1.82, 2.24) is 14.5 Å². The van der Waals surface area contributed by atoms with Gasteiger partial charge in [0.2, 0.25) is 0 Å². The molecule has 164 valence electrons. The Morgan fingerprint density at radius 1 is 1.06 bits per heavy atom. The van der Waals surface area contributed by atoms with Gasteiger partial charge in [-0.05, 0) is 30.3 Å². The van der Waals surface area contributed by atoms with Crippen molar-refractivity contribution in [1.29, 1.82) is 0 Å². The molecule has 0 amide bonds. The molecule has 0 radical (unpaired) electrons. The summed E-state index contributed by atoms with van der Waals surface area (Å²) < 4.78 is 52.9. The normalized spacial score (nSPS) is 12.8. The lowest BCUT2D eigenvalue weighted by Crippen LogP contribution is -2.36. The van der Waals surface area contributed by atoms with E-state index in [1.807, 2.05) is 0 Å². The molecule has 0 bridgehead atoms. The van der Waals surface area contributed by atoms with E-state index < -0.39 is 30.2 Å². The average Bonchev–Trinajstić information content (AvgIpc) is 2.75. The highest BCUT2D eigenvalue weighted by Gasteiger charge is 2.38. The Balaban J connectivity index is 1.96. The summed E-state index contributed by atoms with van der Waals surface area (Å²) in [4.78, 5) is 21.6. The quantitative estimate of drug-likeness (QED) is 0.440. The number of aliphatic hydroxyl groups is 1. The molecule has 1 atom stereocenters. The summed E-state index contributed by atoms with van der Waals surface area (Å²) in [5, 5.41) is 9.83. The number of hydrogen-bond donors (Lipinski definition) is 1. The van der Waals surface area contributed by atoms with Gasteiger partial charge in [-0.3, -0.25) is 9.36 Å². The van der Waals surface area contributed by atoms with Crippen LogP contribution in [0.15, 0.2) is 65.7 Å². The van der Waals surface area contributed by atoms with Crippen molar-refractivity contribution >= 4 is 22.5 Å². The maximum Gasteiger partial charge on any atom is 0.416 e. The van der Waals surface area contributed by atoms with Gasteiger partial charge >= 0.3 is 6.18 Å². The van der Waals surface area contributed by atoms with Crippen molar-refractivity contribution in [2.24, 2.45) is 0 Å². The van der Waals surface area contributed by atoms with Crippen LogP contribution in [-0.2, 0) is 6.54 Å². The van der Waals surface area contributed by atoms with E-state index in [-0.39, 0.29) is 16.6 Å². The minimum absolute atomic E-state index is 0.0268. The molecule has 0 unspecified atom stereocenters. The molecule has 0 saturated carbocycles. The molecule has 0 fully saturated rings. The number of hydrogen-bond acceptors (Lipinski definition) is 4. The zero-order valence-corrected chi connectivity index (χ0v) is 16.9. The minimum atomic E-state index is -4.90. The molecule has 5 nitrogen and oxygen atoms in total. The molecule has 10 heteroatoms. The van der Waals surface area contributed by atoms with Crippen LogP contribution in [-0.4, -0.2) is 31.9 Å². The second-order valence-electron chi connectivity index (χ2n) is 7.03. The second kappa shape index (κ2) is 8.33. The van der Waals surface area contributed by atoms with Crippen molar-refractivity contribution < 1.29 is 22.7 Å². The molecule has 1 N–H and O–H groups in total. The monoisotopic (exact) mass is 463 g/mol. The summed E-state index contributed by atoms with van der Waals surface area (Å²) in [6.07, 6.45) is -6.72. The summed E-state index contributed by atoms with van der Waals surface area (Å²) in [7, 11) is 0. The van der Waals surface area contributed by atoms with E-state index in [0.29, 0.717) is 26.4 Å². The Morgan fingerprint density at radius 3 is 2.44 bits per heavy atom. The van der Waals surface area contributed by atoms with Gasteiger partial charge in [0.05, 0.1) is 29.6 Å². The first-order valence-electron chi connectivity index (χ1n) is 9.30. The van der Waals surface area contributed by atoms with Gasteiger partial charge in [0.15, 0.2) is 6.10 Å². The van der Waals surface area contributed by atoms with Crippen molar-refractivity contribution in [3.63, 3.8) is 0 Å². The highest BCUT2D eigenvalue weighted by Crippen LogP contribution is 2.30. The van der Waals surface area contributed by atoms with Crippen molar-refractivity contribution in [3.8, 4) is 22.5 Å². The molecule has 2 heterocycles. The summed E-state index contributed by atoms with van der Waals surface area (Å²) >= 11 is 5.93. The number of aliphatic hydroxyl groups excluding tert-OH is 1. The first-order valence-corrected chi connectivity index (χ1v) is 9.68. The first kappa shape index (κ1) is 21.9. The van der Waals surface area contributed by atoms with Crippen LogP contribution in [0.5, 0.6) is 0 Å². The molecular weight excluding hydrogens is 450 g/mol. The Hall–Kier alpha value is -3.30. The van der Waals surface area contributed by atoms with E-state index in [0.717, 1.165) is 6.33 Å². The van der Waals surface area contributed by atoms with Gasteiger partial charge in [0.1, 0.15) is 11.3 Å². The highest BCUT2D eigenvalue weighted by molar-refractivity contribution is 6.30. The van der Waals surface area contributed by atoms with Crippen LogP contribution in [0.3, 0.4) is 0 Å². The molecule has 2 aromatic carbocycles. The Morgan fingerprint density at radius 2 is 1.78 bits per heavy atom. The number of nitrogens with zero attached hydrogens (tertiary/aromatic N) is 3.